The van der Waals surface area contributed by atoms with Crippen molar-refractivity contribution in [2.24, 2.45) is 16.0 Å². The highest BCUT2D eigenvalue weighted by atomic mass is 32.2. The van der Waals surface area contributed by atoms with Crippen molar-refractivity contribution in [2.45, 2.75) is 46.0 Å². The molecule has 1 aromatic heterocycles. The van der Waals surface area contributed by atoms with Gasteiger partial charge in [0.1, 0.15) is 5.04 Å². The average Bonchev–Trinajstić information content (AvgIpc) is 3.42. The second-order valence-corrected chi connectivity index (χ2v) is 10.4. The van der Waals surface area contributed by atoms with Crippen molar-refractivity contribution in [3.63, 3.8) is 0 Å². The number of carbonyl (C=O) groups is 1. The summed E-state index contributed by atoms with van der Waals surface area (Å²) in [5.74, 6) is 0.147. The molecule has 0 radical (unpaired) electrons. The minimum absolute atomic E-state index is 0.105. The molecule has 7 heteroatoms. The zero-order chi connectivity index (χ0) is 24.1. The molecule has 0 unspecified atom stereocenters. The smallest absolute Gasteiger partial charge is 0.283 e. The topological polar surface area (TPSA) is 73.8 Å². The van der Waals surface area contributed by atoms with E-state index in [9.17, 15) is 4.79 Å². The van der Waals surface area contributed by atoms with E-state index in [4.69, 9.17) is 10.5 Å². The minimum atomic E-state index is -0.371. The summed E-state index contributed by atoms with van der Waals surface area (Å²) in [6.45, 7) is 4.12. The fraction of sp³-hybridized carbons (Fsp3) is 0.286. The van der Waals surface area contributed by atoms with Gasteiger partial charge >= 0.3 is 0 Å². The Morgan fingerprint density at radius 1 is 1.06 bits per heavy atom. The molecule has 1 aliphatic carbocycles. The predicted molar refractivity (Wildman–Crippen MR) is 144 cm³/mol. The van der Waals surface area contributed by atoms with E-state index in [-0.39, 0.29) is 17.3 Å². The van der Waals surface area contributed by atoms with Gasteiger partial charge in [-0.1, -0.05) is 55.7 Å². The summed E-state index contributed by atoms with van der Waals surface area (Å²) in [6, 6.07) is 16.7. The fourth-order valence-electron chi connectivity index (χ4n) is 5.38. The van der Waals surface area contributed by atoms with Crippen molar-refractivity contribution in [1.82, 2.24) is 9.58 Å². The van der Waals surface area contributed by atoms with E-state index < -0.39 is 0 Å². The summed E-state index contributed by atoms with van der Waals surface area (Å²) in [5.41, 5.74) is 4.38. The molecule has 0 atom stereocenters. The molecule has 0 saturated heterocycles. The van der Waals surface area contributed by atoms with Crippen LogP contribution >= 0.6 is 11.8 Å². The molecule has 1 amide bonds. The molecule has 35 heavy (non-hydrogen) atoms. The Balaban J connectivity index is 1.37. The van der Waals surface area contributed by atoms with Gasteiger partial charge in [-0.2, -0.15) is 15.1 Å². The third kappa shape index (κ3) is 3.74. The van der Waals surface area contributed by atoms with Crippen molar-refractivity contribution in [1.29, 1.82) is 5.41 Å². The number of hydrazone groups is 1. The van der Waals surface area contributed by atoms with E-state index in [2.05, 4.69) is 65.9 Å². The van der Waals surface area contributed by atoms with Gasteiger partial charge in [-0.25, -0.2) is 0 Å². The average molecular weight is 482 g/mol. The van der Waals surface area contributed by atoms with Gasteiger partial charge in [-0.15, -0.1) is 0 Å². The fourth-order valence-corrected chi connectivity index (χ4v) is 6.44. The summed E-state index contributed by atoms with van der Waals surface area (Å²) in [5, 5.41) is 18.9. The number of aromatic nitrogens is 1. The second kappa shape index (κ2) is 8.64. The molecule has 6 nitrogen and oxygen atoms in total. The van der Waals surface area contributed by atoms with Crippen LogP contribution in [-0.4, -0.2) is 31.5 Å². The number of aryl methyl sites for hydroxylation is 1. The van der Waals surface area contributed by atoms with Gasteiger partial charge in [0.05, 0.1) is 11.3 Å². The molecule has 2 aliphatic heterocycles. The summed E-state index contributed by atoms with van der Waals surface area (Å²) < 4.78 is 2.21. The highest BCUT2D eigenvalue weighted by Crippen LogP contribution is 2.36. The normalized spacial score (nSPS) is 19.9. The molecule has 1 saturated carbocycles. The zero-order valence-corrected chi connectivity index (χ0v) is 20.7. The number of rotatable bonds is 3. The number of aliphatic imine (C=N–C) groups is 1. The maximum absolute atomic E-state index is 13.0. The van der Waals surface area contributed by atoms with E-state index >= 15 is 0 Å². The number of fused-ring (bicyclic) bond motifs is 2. The molecule has 6 rings (SSSR count). The van der Waals surface area contributed by atoms with Crippen LogP contribution in [0.5, 0.6) is 0 Å². The lowest BCUT2D eigenvalue weighted by atomic mass is 9.90. The van der Waals surface area contributed by atoms with Crippen LogP contribution in [-0.2, 0) is 4.79 Å². The SMILES string of the molecule is Cc1cc(/C=C2/C(=N)N3N=C(C4CCCCC4)SC3=NC2=O)c(C)n1-c1cccc2ccccc12. The summed E-state index contributed by atoms with van der Waals surface area (Å²) >= 11 is 1.46. The van der Waals surface area contributed by atoms with Crippen molar-refractivity contribution in [3.05, 3.63) is 71.1 Å². The van der Waals surface area contributed by atoms with Crippen LogP contribution in [0, 0.1) is 25.2 Å². The van der Waals surface area contributed by atoms with E-state index in [0.29, 0.717) is 11.1 Å². The molecule has 0 bridgehead atoms. The monoisotopic (exact) mass is 481 g/mol. The summed E-state index contributed by atoms with van der Waals surface area (Å²) in [4.78, 5) is 17.3. The quantitative estimate of drug-likeness (QED) is 0.437. The molecule has 3 heterocycles. The lowest BCUT2D eigenvalue weighted by Crippen LogP contribution is -2.35. The van der Waals surface area contributed by atoms with Crippen LogP contribution < -0.4 is 0 Å². The Morgan fingerprint density at radius 3 is 2.66 bits per heavy atom. The summed E-state index contributed by atoms with van der Waals surface area (Å²) in [6.07, 6.45) is 7.74. The Morgan fingerprint density at radius 2 is 1.83 bits per heavy atom. The Labute approximate surface area is 208 Å². The maximum Gasteiger partial charge on any atom is 0.283 e. The van der Waals surface area contributed by atoms with Crippen LogP contribution in [0.15, 0.2) is 64.2 Å². The van der Waals surface area contributed by atoms with Crippen LogP contribution in [0.2, 0.25) is 0 Å². The molecule has 2 aromatic carbocycles. The Kier molecular flexibility index (Phi) is 5.44. The highest BCUT2D eigenvalue weighted by molar-refractivity contribution is 8.27. The molecule has 3 aliphatic rings. The first-order valence-corrected chi connectivity index (χ1v) is 13.0. The van der Waals surface area contributed by atoms with Crippen LogP contribution in [0.3, 0.4) is 0 Å². The third-order valence-electron chi connectivity index (χ3n) is 7.20. The van der Waals surface area contributed by atoms with E-state index in [1.54, 1.807) is 11.1 Å². The number of nitrogens with zero attached hydrogens (tertiary/aromatic N) is 4. The van der Waals surface area contributed by atoms with Gasteiger partial charge in [0.25, 0.3) is 5.91 Å². The van der Waals surface area contributed by atoms with Crippen molar-refractivity contribution < 1.29 is 4.79 Å². The number of amides is 1. The number of hydrogen-bond donors (Lipinski definition) is 1. The van der Waals surface area contributed by atoms with Crippen molar-refractivity contribution in [2.75, 3.05) is 0 Å². The van der Waals surface area contributed by atoms with Gasteiger partial charge in [0.2, 0.25) is 5.17 Å². The number of amidine groups is 2. The van der Waals surface area contributed by atoms with Crippen LogP contribution in [0.4, 0.5) is 0 Å². The molecule has 1 fully saturated rings. The lowest BCUT2D eigenvalue weighted by Gasteiger charge is -2.20. The molecular formula is C28H27N5OS. The maximum atomic E-state index is 13.0. The first-order valence-electron chi connectivity index (χ1n) is 12.2. The van der Waals surface area contributed by atoms with Gasteiger partial charge in [-0.3, -0.25) is 10.2 Å². The molecule has 0 spiro atoms. The van der Waals surface area contributed by atoms with E-state index in [0.717, 1.165) is 40.5 Å². The Bertz CT molecular complexity index is 1470. The van der Waals surface area contributed by atoms with Gasteiger partial charge in [0, 0.05) is 22.7 Å². The zero-order valence-electron chi connectivity index (χ0n) is 19.9. The van der Waals surface area contributed by atoms with Crippen molar-refractivity contribution in [3.8, 4) is 5.69 Å². The molecule has 3 aromatic rings. The summed E-state index contributed by atoms with van der Waals surface area (Å²) in [7, 11) is 0. The number of carbonyl (C=O) groups excluding carboxylic acids is 1. The first-order chi connectivity index (χ1) is 17.0. The van der Waals surface area contributed by atoms with E-state index in [1.807, 2.05) is 6.07 Å². The largest absolute Gasteiger partial charge is 0.317 e. The van der Waals surface area contributed by atoms with Crippen LogP contribution in [0.25, 0.3) is 22.5 Å². The number of thioether (sulfide) groups is 1. The standard InChI is InChI=1S/C28H27N5OS/c1-17-15-21(18(2)32(17)24-14-8-12-19-9-6-7-13-22(19)24)16-23-25(29)33-28(30-26(23)34)35-27(31-33)20-10-4-3-5-11-20/h6-9,12-16,20,29H,3-5,10-11H2,1-2H3/b23-16-,29-25?. The van der Waals surface area contributed by atoms with Gasteiger partial charge in [-0.05, 0) is 67.6 Å². The number of benzene rings is 2. The van der Waals surface area contributed by atoms with Gasteiger partial charge in [0.15, 0.2) is 5.84 Å². The van der Waals surface area contributed by atoms with Gasteiger partial charge < -0.3 is 4.57 Å². The first kappa shape index (κ1) is 22.0. The minimum Gasteiger partial charge on any atom is -0.317 e. The van der Waals surface area contributed by atoms with Crippen molar-refractivity contribution >= 4 is 50.6 Å². The second-order valence-electron chi connectivity index (χ2n) is 9.45. The van der Waals surface area contributed by atoms with Crippen LogP contribution in [0.1, 0.15) is 49.1 Å². The van der Waals surface area contributed by atoms with E-state index in [1.165, 1.54) is 41.8 Å². The predicted octanol–water partition coefficient (Wildman–Crippen LogP) is 6.45. The number of hydrogen-bond acceptors (Lipinski definition) is 4. The highest BCUT2D eigenvalue weighted by Gasteiger charge is 2.38. The molecule has 176 valence electrons. The molecular weight excluding hydrogens is 454 g/mol. The lowest BCUT2D eigenvalue weighted by molar-refractivity contribution is -0.114. The third-order valence-corrected chi connectivity index (χ3v) is 8.27. The molecule has 1 N–H and O–H groups in total. The number of nitrogens with one attached hydrogen (secondary N) is 1. The Hall–Kier alpha value is -3.45.